The minimum absolute atomic E-state index is 0.115. The molecule has 5 heteroatoms. The monoisotopic (exact) mass is 398 g/mol. The lowest BCUT2D eigenvalue weighted by Crippen LogP contribution is -2.16. The van der Waals surface area contributed by atoms with Crippen LogP contribution in [-0.4, -0.2) is 18.7 Å². The van der Waals surface area contributed by atoms with E-state index in [-0.39, 0.29) is 17.9 Å². The van der Waals surface area contributed by atoms with Gasteiger partial charge in [0.15, 0.2) is 0 Å². The van der Waals surface area contributed by atoms with E-state index >= 15 is 0 Å². The maximum Gasteiger partial charge on any atom is 0.519 e. The Kier molecular flexibility index (Phi) is 9.22. The van der Waals surface area contributed by atoms with Crippen LogP contribution in [0, 0.1) is 0 Å². The second-order valence-corrected chi connectivity index (χ2v) is 6.86. The van der Waals surface area contributed by atoms with Crippen molar-refractivity contribution in [1.29, 1.82) is 0 Å². The van der Waals surface area contributed by atoms with Crippen LogP contribution in [0.25, 0.3) is 0 Å². The summed E-state index contributed by atoms with van der Waals surface area (Å²) < 4.78 is 15.7. The fraction of sp³-hybridized carbons (Fsp3) is 0.417. The highest BCUT2D eigenvalue weighted by molar-refractivity contribution is 5.93. The summed E-state index contributed by atoms with van der Waals surface area (Å²) in [6, 6.07) is 12.4. The van der Waals surface area contributed by atoms with Crippen LogP contribution in [-0.2, 0) is 17.6 Å². The molecule has 0 fully saturated rings. The summed E-state index contributed by atoms with van der Waals surface area (Å²) in [6.45, 7) is 6.26. The molecule has 29 heavy (non-hydrogen) atoms. The highest BCUT2D eigenvalue weighted by Crippen LogP contribution is 2.23. The summed E-state index contributed by atoms with van der Waals surface area (Å²) in [4.78, 5) is 24.4. The van der Waals surface area contributed by atoms with Crippen molar-refractivity contribution in [3.63, 3.8) is 0 Å². The van der Waals surface area contributed by atoms with Crippen molar-refractivity contribution < 1.29 is 23.8 Å². The Balaban J connectivity index is 2.14. The molecule has 156 valence electrons. The summed E-state index contributed by atoms with van der Waals surface area (Å²) in [5, 5.41) is 0. The van der Waals surface area contributed by atoms with Gasteiger partial charge in [-0.15, -0.1) is 0 Å². The van der Waals surface area contributed by atoms with Gasteiger partial charge in [0.2, 0.25) is 0 Å². The Morgan fingerprint density at radius 2 is 1.45 bits per heavy atom. The predicted octanol–water partition coefficient (Wildman–Crippen LogP) is 6.13. The molecule has 2 rings (SSSR count). The summed E-state index contributed by atoms with van der Waals surface area (Å²) in [5.74, 6) is 0.0342. The number of carbonyl (C=O) groups excluding carboxylic acids is 2. The van der Waals surface area contributed by atoms with Gasteiger partial charge in [-0.3, -0.25) is 0 Å². The lowest BCUT2D eigenvalue weighted by atomic mass is 10.0. The average molecular weight is 398 g/mol. The van der Waals surface area contributed by atoms with E-state index < -0.39 is 12.1 Å². The molecule has 2 aromatic carbocycles. The predicted molar refractivity (Wildman–Crippen MR) is 113 cm³/mol. The van der Waals surface area contributed by atoms with Crippen molar-refractivity contribution in [3.8, 4) is 11.5 Å². The van der Waals surface area contributed by atoms with E-state index in [2.05, 4.69) is 19.9 Å². The highest BCUT2D eigenvalue weighted by atomic mass is 16.7. The van der Waals surface area contributed by atoms with Gasteiger partial charge in [-0.1, -0.05) is 44.9 Å². The maximum absolute atomic E-state index is 12.4. The molecule has 0 radical (unpaired) electrons. The zero-order chi connectivity index (χ0) is 21.1. The number of para-hydroxylation sites is 1. The van der Waals surface area contributed by atoms with Crippen molar-refractivity contribution in [2.75, 3.05) is 6.61 Å². The van der Waals surface area contributed by atoms with Gasteiger partial charge in [0.05, 0.1) is 6.61 Å². The molecule has 0 aliphatic heterocycles. The fourth-order valence-electron chi connectivity index (χ4n) is 2.98. The first-order valence-electron chi connectivity index (χ1n) is 10.4. The molecule has 5 nitrogen and oxygen atoms in total. The number of esters is 1. The van der Waals surface area contributed by atoms with Crippen LogP contribution >= 0.6 is 0 Å². The Hall–Kier alpha value is -2.82. The van der Waals surface area contributed by atoms with Crippen LogP contribution in [0.3, 0.4) is 0 Å². The van der Waals surface area contributed by atoms with Crippen molar-refractivity contribution in [2.24, 2.45) is 0 Å². The third kappa shape index (κ3) is 7.26. The van der Waals surface area contributed by atoms with Crippen LogP contribution in [0.4, 0.5) is 4.79 Å². The van der Waals surface area contributed by atoms with Crippen LogP contribution in [0.1, 0.15) is 67.9 Å². The van der Waals surface area contributed by atoms with Gasteiger partial charge in [0.1, 0.15) is 17.1 Å². The lowest BCUT2D eigenvalue weighted by molar-refractivity contribution is 0.0522. The Morgan fingerprint density at radius 1 is 0.828 bits per heavy atom. The molecule has 2 aromatic rings. The van der Waals surface area contributed by atoms with E-state index in [9.17, 15) is 9.59 Å². The quantitative estimate of drug-likeness (QED) is 0.356. The summed E-state index contributed by atoms with van der Waals surface area (Å²) in [7, 11) is 0. The van der Waals surface area contributed by atoms with E-state index in [1.54, 1.807) is 25.1 Å². The topological polar surface area (TPSA) is 61.8 Å². The largest absolute Gasteiger partial charge is 0.519 e. The maximum atomic E-state index is 12.4. The summed E-state index contributed by atoms with van der Waals surface area (Å²) in [6.07, 6.45) is 5.35. The Bertz CT molecular complexity index is 786. The van der Waals surface area contributed by atoms with Crippen LogP contribution in [0.5, 0.6) is 11.5 Å². The van der Waals surface area contributed by atoms with Crippen molar-refractivity contribution >= 4 is 12.1 Å². The van der Waals surface area contributed by atoms with Gasteiger partial charge in [-0.2, -0.15) is 0 Å². The second kappa shape index (κ2) is 11.9. The standard InChI is InChI=1S/C24H30O5/c1-4-7-11-18-15-19(12-8-5-2)17-20(16-18)28-24(26)29-22-14-10-9-13-21(22)23(25)27-6-3/h9-10,13-17H,4-8,11-12H2,1-3H3. The molecule has 0 saturated carbocycles. The Morgan fingerprint density at radius 3 is 2.03 bits per heavy atom. The van der Waals surface area contributed by atoms with Crippen molar-refractivity contribution in [3.05, 3.63) is 59.2 Å². The first-order valence-corrected chi connectivity index (χ1v) is 10.4. The molecule has 0 aliphatic carbocycles. The number of carbonyl (C=O) groups is 2. The van der Waals surface area contributed by atoms with Crippen LogP contribution < -0.4 is 9.47 Å². The number of hydrogen-bond donors (Lipinski definition) is 0. The molecular formula is C24H30O5. The molecule has 0 N–H and O–H groups in total. The minimum Gasteiger partial charge on any atom is -0.462 e. The first-order chi connectivity index (χ1) is 14.1. The van der Waals surface area contributed by atoms with Crippen molar-refractivity contribution in [2.45, 2.75) is 59.3 Å². The van der Waals surface area contributed by atoms with E-state index in [1.807, 2.05) is 12.1 Å². The summed E-state index contributed by atoms with van der Waals surface area (Å²) >= 11 is 0. The number of benzene rings is 2. The zero-order valence-electron chi connectivity index (χ0n) is 17.5. The SMILES string of the molecule is CCCCc1cc(CCCC)cc(OC(=O)Oc2ccccc2C(=O)OCC)c1. The molecule has 0 amide bonds. The third-order valence-electron chi connectivity index (χ3n) is 4.44. The molecule has 0 aliphatic rings. The zero-order valence-corrected chi connectivity index (χ0v) is 17.5. The molecule has 0 bridgehead atoms. The number of hydrogen-bond acceptors (Lipinski definition) is 5. The molecule has 0 saturated heterocycles. The molecule has 0 spiro atoms. The number of aryl methyl sites for hydroxylation is 2. The minimum atomic E-state index is -0.879. The lowest BCUT2D eigenvalue weighted by Gasteiger charge is -2.12. The van der Waals surface area contributed by atoms with Gasteiger partial charge in [0, 0.05) is 0 Å². The highest BCUT2D eigenvalue weighted by Gasteiger charge is 2.17. The average Bonchev–Trinajstić information content (AvgIpc) is 2.71. The summed E-state index contributed by atoms with van der Waals surface area (Å²) in [5.41, 5.74) is 2.48. The fourth-order valence-corrected chi connectivity index (χ4v) is 2.98. The normalized spacial score (nSPS) is 10.4. The van der Waals surface area contributed by atoms with E-state index in [0.717, 1.165) is 49.7 Å². The van der Waals surface area contributed by atoms with Crippen molar-refractivity contribution in [1.82, 2.24) is 0 Å². The van der Waals surface area contributed by atoms with Gasteiger partial charge < -0.3 is 14.2 Å². The molecule has 0 atom stereocenters. The van der Waals surface area contributed by atoms with Gasteiger partial charge in [-0.25, -0.2) is 9.59 Å². The van der Waals surface area contributed by atoms with E-state index in [4.69, 9.17) is 14.2 Å². The van der Waals surface area contributed by atoms with Crippen LogP contribution in [0.15, 0.2) is 42.5 Å². The van der Waals surface area contributed by atoms with E-state index in [0.29, 0.717) is 5.75 Å². The van der Waals surface area contributed by atoms with Gasteiger partial charge in [-0.05, 0) is 68.0 Å². The van der Waals surface area contributed by atoms with Gasteiger partial charge in [0.25, 0.3) is 0 Å². The molecule has 0 heterocycles. The second-order valence-electron chi connectivity index (χ2n) is 6.86. The number of ether oxygens (including phenoxy) is 3. The first kappa shape index (κ1) is 22.5. The number of rotatable bonds is 10. The van der Waals surface area contributed by atoms with E-state index in [1.165, 1.54) is 6.07 Å². The number of unbranched alkanes of at least 4 members (excludes halogenated alkanes) is 2. The molecule has 0 aromatic heterocycles. The Labute approximate surface area is 173 Å². The molecule has 0 unspecified atom stereocenters. The van der Waals surface area contributed by atoms with Crippen LogP contribution in [0.2, 0.25) is 0 Å². The van der Waals surface area contributed by atoms with Gasteiger partial charge >= 0.3 is 12.1 Å². The smallest absolute Gasteiger partial charge is 0.462 e. The molecular weight excluding hydrogens is 368 g/mol. The third-order valence-corrected chi connectivity index (χ3v) is 4.44.